The Morgan fingerprint density at radius 1 is 0.906 bits per heavy atom. The summed E-state index contributed by atoms with van der Waals surface area (Å²) in [7, 11) is 4.20. The minimum absolute atomic E-state index is 0.0512. The molecule has 0 aliphatic rings. The lowest BCUT2D eigenvalue weighted by atomic mass is 10.1. The van der Waals surface area contributed by atoms with Gasteiger partial charge in [-0.3, -0.25) is 0 Å². The Kier molecular flexibility index (Phi) is 7.58. The van der Waals surface area contributed by atoms with Crippen LogP contribution in [0.4, 0.5) is 20.3 Å². The molecule has 6 nitrogen and oxygen atoms in total. The fraction of sp³-hybridized carbons (Fsp3) is 0.261. The molecular formula is C23H24ClF2N3O3. The van der Waals surface area contributed by atoms with E-state index in [2.05, 4.69) is 15.6 Å². The van der Waals surface area contributed by atoms with Gasteiger partial charge in [-0.1, -0.05) is 23.7 Å². The molecule has 0 aliphatic carbocycles. The molecule has 1 aromatic heterocycles. The third-order valence-corrected chi connectivity index (χ3v) is 5.49. The van der Waals surface area contributed by atoms with Crippen LogP contribution in [-0.2, 0) is 13.1 Å². The number of rotatable bonds is 9. The van der Waals surface area contributed by atoms with E-state index in [4.69, 9.17) is 25.8 Å². The van der Waals surface area contributed by atoms with Crippen molar-refractivity contribution in [1.82, 2.24) is 4.98 Å². The maximum atomic E-state index is 14.6. The van der Waals surface area contributed by atoms with E-state index in [0.29, 0.717) is 22.9 Å². The van der Waals surface area contributed by atoms with E-state index in [1.807, 2.05) is 31.2 Å². The molecule has 0 unspecified atom stereocenters. The molecule has 0 saturated heterocycles. The van der Waals surface area contributed by atoms with Gasteiger partial charge in [0.05, 0.1) is 26.4 Å². The van der Waals surface area contributed by atoms with E-state index in [0.717, 1.165) is 22.9 Å². The average molecular weight is 464 g/mol. The van der Waals surface area contributed by atoms with Gasteiger partial charge in [-0.15, -0.1) is 0 Å². The molecule has 1 heterocycles. The first-order valence-electron chi connectivity index (χ1n) is 9.74. The summed E-state index contributed by atoms with van der Waals surface area (Å²) >= 11 is 6.51. The van der Waals surface area contributed by atoms with Gasteiger partial charge in [0.15, 0.2) is 23.1 Å². The van der Waals surface area contributed by atoms with Crippen molar-refractivity contribution in [3.05, 3.63) is 69.9 Å². The monoisotopic (exact) mass is 463 g/mol. The van der Waals surface area contributed by atoms with Gasteiger partial charge in [0.2, 0.25) is 0 Å². The van der Waals surface area contributed by atoms with E-state index in [9.17, 15) is 8.78 Å². The van der Waals surface area contributed by atoms with Crippen LogP contribution in [0.2, 0.25) is 5.02 Å². The third kappa shape index (κ3) is 4.96. The molecule has 32 heavy (non-hydrogen) atoms. The molecule has 3 aromatic rings. The Morgan fingerprint density at radius 3 is 2.09 bits per heavy atom. The molecule has 0 fully saturated rings. The number of anilines is 2. The van der Waals surface area contributed by atoms with Crippen molar-refractivity contribution >= 4 is 23.1 Å². The summed E-state index contributed by atoms with van der Waals surface area (Å²) in [6.45, 7) is 2.42. The molecule has 9 heteroatoms. The topological polar surface area (TPSA) is 64.6 Å². The number of halogens is 3. The van der Waals surface area contributed by atoms with Gasteiger partial charge in [0, 0.05) is 36.5 Å². The van der Waals surface area contributed by atoms with Crippen molar-refractivity contribution in [3.8, 4) is 17.2 Å². The lowest BCUT2D eigenvalue weighted by Crippen LogP contribution is -2.09. The Bertz CT molecular complexity index is 1070. The van der Waals surface area contributed by atoms with E-state index >= 15 is 0 Å². The fourth-order valence-corrected chi connectivity index (χ4v) is 3.30. The second kappa shape index (κ2) is 10.4. The van der Waals surface area contributed by atoms with Crippen LogP contribution >= 0.6 is 11.6 Å². The van der Waals surface area contributed by atoms with Crippen LogP contribution in [-0.4, -0.2) is 26.3 Å². The largest absolute Gasteiger partial charge is 0.497 e. The van der Waals surface area contributed by atoms with Crippen molar-refractivity contribution in [3.63, 3.8) is 0 Å². The molecule has 0 spiro atoms. The van der Waals surface area contributed by atoms with Gasteiger partial charge in [-0.25, -0.2) is 13.8 Å². The second-order valence-electron chi connectivity index (χ2n) is 6.91. The number of nitrogens with zero attached hydrogens (tertiary/aromatic N) is 1. The van der Waals surface area contributed by atoms with Gasteiger partial charge >= 0.3 is 0 Å². The summed E-state index contributed by atoms with van der Waals surface area (Å²) in [5.74, 6) is -0.582. The average Bonchev–Trinajstić information content (AvgIpc) is 2.81. The van der Waals surface area contributed by atoms with Crippen LogP contribution in [0.5, 0.6) is 17.2 Å². The number of nitrogens with one attached hydrogen (secondary N) is 2. The van der Waals surface area contributed by atoms with Crippen molar-refractivity contribution in [2.45, 2.75) is 20.0 Å². The van der Waals surface area contributed by atoms with Gasteiger partial charge < -0.3 is 24.8 Å². The number of hydrogen-bond acceptors (Lipinski definition) is 6. The van der Waals surface area contributed by atoms with Crippen LogP contribution in [0.15, 0.2) is 36.5 Å². The highest BCUT2D eigenvalue weighted by atomic mass is 35.5. The predicted molar refractivity (Wildman–Crippen MR) is 121 cm³/mol. The highest BCUT2D eigenvalue weighted by molar-refractivity contribution is 6.32. The molecule has 0 radical (unpaired) electrons. The summed E-state index contributed by atoms with van der Waals surface area (Å²) < 4.78 is 44.2. The number of hydrogen-bond donors (Lipinski definition) is 2. The van der Waals surface area contributed by atoms with Crippen molar-refractivity contribution in [2.75, 3.05) is 32.0 Å². The third-order valence-electron chi connectivity index (χ3n) is 4.96. The first-order valence-corrected chi connectivity index (χ1v) is 10.1. The van der Waals surface area contributed by atoms with Gasteiger partial charge in [-0.05, 0) is 24.6 Å². The minimum atomic E-state index is -0.857. The molecule has 0 saturated carbocycles. The molecule has 0 amide bonds. The summed E-state index contributed by atoms with van der Waals surface area (Å²) in [5.41, 5.74) is 1.99. The Morgan fingerprint density at radius 2 is 1.53 bits per heavy atom. The maximum absolute atomic E-state index is 14.6. The molecule has 170 valence electrons. The molecule has 2 N–H and O–H groups in total. The molecular weight excluding hydrogens is 440 g/mol. The zero-order valence-corrected chi connectivity index (χ0v) is 18.9. The standard InChI is InChI=1S/C23H24ClF2N3O3/c1-13-19(24)15(11-27-22-20(25)17(31-3)9-18(32-4)21(22)26)12-29-23(13)28-10-14-5-7-16(30-2)8-6-14/h5-9,12,27H,10-11H2,1-4H3,(H,28,29). The summed E-state index contributed by atoms with van der Waals surface area (Å²) in [6.07, 6.45) is 1.56. The summed E-state index contributed by atoms with van der Waals surface area (Å²) in [5, 5.41) is 6.43. The van der Waals surface area contributed by atoms with Gasteiger partial charge in [0.25, 0.3) is 0 Å². The van der Waals surface area contributed by atoms with Crippen LogP contribution in [0.3, 0.4) is 0 Å². The van der Waals surface area contributed by atoms with Crippen LogP contribution in [0.25, 0.3) is 0 Å². The molecule has 3 rings (SSSR count). The summed E-state index contributed by atoms with van der Waals surface area (Å²) in [6, 6.07) is 8.81. The highest BCUT2D eigenvalue weighted by Gasteiger charge is 2.20. The van der Waals surface area contributed by atoms with Crippen LogP contribution < -0.4 is 24.8 Å². The first kappa shape index (κ1) is 23.4. The zero-order chi connectivity index (χ0) is 23.3. The van der Waals surface area contributed by atoms with E-state index in [1.165, 1.54) is 14.2 Å². The minimum Gasteiger partial charge on any atom is -0.497 e. The molecule has 0 atom stereocenters. The molecule has 2 aromatic carbocycles. The smallest absolute Gasteiger partial charge is 0.191 e. The number of pyridine rings is 1. The Hall–Kier alpha value is -3.26. The zero-order valence-electron chi connectivity index (χ0n) is 18.2. The lowest BCUT2D eigenvalue weighted by Gasteiger charge is -2.16. The van der Waals surface area contributed by atoms with Crippen molar-refractivity contribution < 1.29 is 23.0 Å². The maximum Gasteiger partial charge on any atom is 0.191 e. The Labute approximate surface area is 190 Å². The number of benzene rings is 2. The SMILES string of the molecule is COc1ccc(CNc2ncc(CNc3c(F)c(OC)cc(OC)c3F)c(Cl)c2C)cc1. The highest BCUT2D eigenvalue weighted by Crippen LogP contribution is 2.35. The van der Waals surface area contributed by atoms with Crippen molar-refractivity contribution in [2.24, 2.45) is 0 Å². The first-order chi connectivity index (χ1) is 15.4. The normalized spacial score (nSPS) is 10.6. The quantitative estimate of drug-likeness (QED) is 0.432. The van der Waals surface area contributed by atoms with Crippen molar-refractivity contribution in [1.29, 1.82) is 0 Å². The second-order valence-corrected chi connectivity index (χ2v) is 7.29. The van der Waals surface area contributed by atoms with Gasteiger partial charge in [-0.2, -0.15) is 0 Å². The van der Waals surface area contributed by atoms with Crippen LogP contribution in [0, 0.1) is 18.6 Å². The molecule has 0 bridgehead atoms. The number of ether oxygens (including phenoxy) is 3. The number of aromatic nitrogens is 1. The molecule has 0 aliphatic heterocycles. The fourth-order valence-electron chi connectivity index (χ4n) is 3.10. The number of methoxy groups -OCH3 is 3. The van der Waals surface area contributed by atoms with Gasteiger partial charge in [0.1, 0.15) is 17.3 Å². The van der Waals surface area contributed by atoms with E-state index < -0.39 is 11.6 Å². The lowest BCUT2D eigenvalue weighted by molar-refractivity contribution is 0.360. The van der Waals surface area contributed by atoms with E-state index in [-0.39, 0.29) is 23.7 Å². The summed E-state index contributed by atoms with van der Waals surface area (Å²) in [4.78, 5) is 4.42. The predicted octanol–water partition coefficient (Wildman–Crippen LogP) is 5.57. The van der Waals surface area contributed by atoms with Crippen LogP contribution in [0.1, 0.15) is 16.7 Å². The Balaban J connectivity index is 1.74. The van der Waals surface area contributed by atoms with E-state index in [1.54, 1.807) is 13.3 Å².